The second-order valence-corrected chi connectivity index (χ2v) is 5.46. The molecule has 0 fully saturated rings. The van der Waals surface area contributed by atoms with Gasteiger partial charge in [0.15, 0.2) is 0 Å². The van der Waals surface area contributed by atoms with Crippen molar-refractivity contribution in [1.29, 1.82) is 0 Å². The Kier molecular flexibility index (Phi) is 7.95. The maximum absolute atomic E-state index is 2.56. The highest BCUT2D eigenvalue weighted by Gasteiger charge is 2.24. The molecule has 0 spiro atoms. The molecule has 0 aromatic heterocycles. The lowest BCUT2D eigenvalue weighted by molar-refractivity contribution is 0.138. The van der Waals surface area contributed by atoms with Crippen LogP contribution in [0.1, 0.15) is 72.1 Å². The summed E-state index contributed by atoms with van der Waals surface area (Å²) in [5.74, 6) is 0. The fraction of sp³-hybridized carbons (Fsp3) is 0.875. The standard InChI is InChI=1S/C16H32N2/c1-4-7-9-12-17-14-15-18(13-10-8-5-2)16(17)11-6-3/h14-16H,4-13H2,1-3H3. The van der Waals surface area contributed by atoms with Gasteiger partial charge in [0.05, 0.1) is 0 Å². The third-order valence-corrected chi connectivity index (χ3v) is 3.80. The van der Waals surface area contributed by atoms with Crippen molar-refractivity contribution in [3.8, 4) is 0 Å². The van der Waals surface area contributed by atoms with E-state index in [2.05, 4.69) is 43.0 Å². The summed E-state index contributed by atoms with van der Waals surface area (Å²) in [6.45, 7) is 9.33. The second-order valence-electron chi connectivity index (χ2n) is 5.46. The first-order valence-electron chi connectivity index (χ1n) is 8.03. The molecule has 0 radical (unpaired) electrons. The van der Waals surface area contributed by atoms with Gasteiger partial charge in [-0.2, -0.15) is 0 Å². The lowest BCUT2D eigenvalue weighted by Crippen LogP contribution is -2.39. The van der Waals surface area contributed by atoms with Crippen LogP contribution in [-0.4, -0.2) is 29.1 Å². The van der Waals surface area contributed by atoms with Crippen molar-refractivity contribution in [3.63, 3.8) is 0 Å². The molecule has 0 N–H and O–H groups in total. The molecule has 0 aliphatic carbocycles. The fourth-order valence-corrected chi connectivity index (χ4v) is 2.69. The highest BCUT2D eigenvalue weighted by molar-refractivity contribution is 4.96. The van der Waals surface area contributed by atoms with Crippen molar-refractivity contribution >= 4 is 0 Å². The monoisotopic (exact) mass is 252 g/mol. The predicted molar refractivity (Wildman–Crippen MR) is 80.3 cm³/mol. The molecule has 0 aromatic carbocycles. The maximum Gasteiger partial charge on any atom is 0.101 e. The van der Waals surface area contributed by atoms with Crippen LogP contribution in [0.25, 0.3) is 0 Å². The Bertz CT molecular complexity index is 205. The molecule has 0 atom stereocenters. The van der Waals surface area contributed by atoms with E-state index in [9.17, 15) is 0 Å². The molecule has 1 aliphatic rings. The van der Waals surface area contributed by atoms with Gasteiger partial charge < -0.3 is 9.80 Å². The van der Waals surface area contributed by atoms with Gasteiger partial charge in [-0.3, -0.25) is 0 Å². The maximum atomic E-state index is 2.56. The van der Waals surface area contributed by atoms with Crippen LogP contribution in [0.2, 0.25) is 0 Å². The van der Waals surface area contributed by atoms with Crippen molar-refractivity contribution in [2.75, 3.05) is 13.1 Å². The van der Waals surface area contributed by atoms with Gasteiger partial charge in [-0.1, -0.05) is 52.9 Å². The van der Waals surface area contributed by atoms with Crippen molar-refractivity contribution in [1.82, 2.24) is 9.80 Å². The number of hydrogen-bond acceptors (Lipinski definition) is 2. The van der Waals surface area contributed by atoms with Gasteiger partial charge in [0.2, 0.25) is 0 Å². The molecule has 0 unspecified atom stereocenters. The lowest BCUT2D eigenvalue weighted by atomic mass is 10.2. The van der Waals surface area contributed by atoms with Crippen LogP contribution in [0.3, 0.4) is 0 Å². The van der Waals surface area contributed by atoms with E-state index in [1.54, 1.807) is 0 Å². The molecular weight excluding hydrogens is 220 g/mol. The molecule has 0 bridgehead atoms. The average Bonchev–Trinajstić information content (AvgIpc) is 2.74. The summed E-state index contributed by atoms with van der Waals surface area (Å²) in [7, 11) is 0. The first-order valence-corrected chi connectivity index (χ1v) is 8.03. The Labute approximate surface area is 114 Å². The molecule has 0 saturated heterocycles. The third kappa shape index (κ3) is 4.91. The van der Waals surface area contributed by atoms with Crippen molar-refractivity contribution in [2.24, 2.45) is 0 Å². The summed E-state index contributed by atoms with van der Waals surface area (Å²) >= 11 is 0. The Morgan fingerprint density at radius 3 is 1.61 bits per heavy atom. The zero-order chi connectivity index (χ0) is 13.2. The van der Waals surface area contributed by atoms with Crippen LogP contribution in [0.5, 0.6) is 0 Å². The Balaban J connectivity index is 2.37. The van der Waals surface area contributed by atoms with Gasteiger partial charge >= 0.3 is 0 Å². The van der Waals surface area contributed by atoms with Gasteiger partial charge in [0.25, 0.3) is 0 Å². The molecular formula is C16H32N2. The molecule has 1 rings (SSSR count). The van der Waals surface area contributed by atoms with E-state index >= 15 is 0 Å². The van der Waals surface area contributed by atoms with E-state index in [-0.39, 0.29) is 0 Å². The minimum atomic E-state index is 0.642. The molecule has 1 heterocycles. The molecule has 0 saturated carbocycles. The predicted octanol–water partition coefficient (Wildman–Crippen LogP) is 4.58. The van der Waals surface area contributed by atoms with E-state index in [0.29, 0.717) is 6.17 Å². The van der Waals surface area contributed by atoms with Crippen molar-refractivity contribution < 1.29 is 0 Å². The van der Waals surface area contributed by atoms with Gasteiger partial charge in [-0.15, -0.1) is 0 Å². The van der Waals surface area contributed by atoms with Gasteiger partial charge in [-0.05, 0) is 19.3 Å². The number of nitrogens with zero attached hydrogens (tertiary/aromatic N) is 2. The van der Waals surface area contributed by atoms with E-state index in [1.165, 1.54) is 64.5 Å². The highest BCUT2D eigenvalue weighted by Crippen LogP contribution is 2.21. The van der Waals surface area contributed by atoms with Crippen LogP contribution in [0.4, 0.5) is 0 Å². The third-order valence-electron chi connectivity index (χ3n) is 3.80. The van der Waals surface area contributed by atoms with Crippen LogP contribution in [0, 0.1) is 0 Å². The topological polar surface area (TPSA) is 6.48 Å². The van der Waals surface area contributed by atoms with Crippen LogP contribution >= 0.6 is 0 Å². The quantitative estimate of drug-likeness (QED) is 0.525. The zero-order valence-electron chi connectivity index (χ0n) is 12.7. The van der Waals surface area contributed by atoms with Gasteiger partial charge in [-0.25, -0.2) is 0 Å². The Hall–Kier alpha value is -0.660. The molecule has 0 amide bonds. The SMILES string of the molecule is CCCCCN1C=CN(CCCCC)C1CCC. The first kappa shape index (κ1) is 15.4. The number of rotatable bonds is 10. The van der Waals surface area contributed by atoms with E-state index in [4.69, 9.17) is 0 Å². The summed E-state index contributed by atoms with van der Waals surface area (Å²) in [4.78, 5) is 5.12. The summed E-state index contributed by atoms with van der Waals surface area (Å²) < 4.78 is 0. The van der Waals surface area contributed by atoms with E-state index < -0.39 is 0 Å². The summed E-state index contributed by atoms with van der Waals surface area (Å²) in [6.07, 6.45) is 15.9. The number of hydrogen-bond donors (Lipinski definition) is 0. The largest absolute Gasteiger partial charge is 0.356 e. The molecule has 18 heavy (non-hydrogen) atoms. The van der Waals surface area contributed by atoms with E-state index in [0.717, 1.165) is 0 Å². The summed E-state index contributed by atoms with van der Waals surface area (Å²) in [6, 6.07) is 0. The molecule has 106 valence electrons. The van der Waals surface area contributed by atoms with Gasteiger partial charge in [0.1, 0.15) is 6.17 Å². The zero-order valence-corrected chi connectivity index (χ0v) is 12.7. The average molecular weight is 252 g/mol. The first-order chi connectivity index (χ1) is 8.83. The Morgan fingerprint density at radius 1 is 0.722 bits per heavy atom. The van der Waals surface area contributed by atoms with Crippen molar-refractivity contribution in [2.45, 2.75) is 78.3 Å². The van der Waals surface area contributed by atoms with Gasteiger partial charge in [0, 0.05) is 25.5 Å². The van der Waals surface area contributed by atoms with E-state index in [1.807, 2.05) is 0 Å². The molecule has 2 nitrogen and oxygen atoms in total. The smallest absolute Gasteiger partial charge is 0.101 e. The lowest BCUT2D eigenvalue weighted by Gasteiger charge is -2.33. The molecule has 1 aliphatic heterocycles. The van der Waals surface area contributed by atoms with Crippen LogP contribution in [-0.2, 0) is 0 Å². The molecule has 2 heteroatoms. The fourth-order valence-electron chi connectivity index (χ4n) is 2.69. The normalized spacial score (nSPS) is 15.9. The summed E-state index contributed by atoms with van der Waals surface area (Å²) in [5, 5.41) is 0. The Morgan fingerprint density at radius 2 is 1.22 bits per heavy atom. The van der Waals surface area contributed by atoms with Crippen LogP contribution < -0.4 is 0 Å². The molecule has 0 aromatic rings. The second kappa shape index (κ2) is 9.29. The number of unbranched alkanes of at least 4 members (excludes halogenated alkanes) is 4. The minimum Gasteiger partial charge on any atom is -0.356 e. The highest BCUT2D eigenvalue weighted by atomic mass is 15.4. The van der Waals surface area contributed by atoms with Crippen molar-refractivity contribution in [3.05, 3.63) is 12.4 Å². The minimum absolute atomic E-state index is 0.642. The summed E-state index contributed by atoms with van der Waals surface area (Å²) in [5.41, 5.74) is 0. The van der Waals surface area contributed by atoms with Crippen LogP contribution in [0.15, 0.2) is 12.4 Å².